The van der Waals surface area contributed by atoms with Crippen molar-refractivity contribution in [1.82, 2.24) is 0 Å². The van der Waals surface area contributed by atoms with Crippen molar-refractivity contribution in [1.29, 1.82) is 0 Å². The summed E-state index contributed by atoms with van der Waals surface area (Å²) in [7, 11) is 0. The highest BCUT2D eigenvalue weighted by atomic mass is 35.5. The monoisotopic (exact) mass is 345 g/mol. The Morgan fingerprint density at radius 2 is 1.92 bits per heavy atom. The zero-order chi connectivity index (χ0) is 16.9. The van der Waals surface area contributed by atoms with Crippen molar-refractivity contribution < 1.29 is 9.53 Å². The van der Waals surface area contributed by atoms with Gasteiger partial charge in [0.1, 0.15) is 0 Å². The molecule has 0 aliphatic carbocycles. The van der Waals surface area contributed by atoms with Crippen molar-refractivity contribution in [2.45, 2.75) is 13.0 Å². The second-order valence-electron chi connectivity index (χ2n) is 5.75. The van der Waals surface area contributed by atoms with Gasteiger partial charge in [0.15, 0.2) is 0 Å². The van der Waals surface area contributed by atoms with Crippen LogP contribution in [0.3, 0.4) is 0 Å². The molecule has 2 aromatic carbocycles. The smallest absolute Gasteiger partial charge is 0.323 e. The first-order valence-corrected chi connectivity index (χ1v) is 8.27. The second-order valence-corrected chi connectivity index (χ2v) is 6.19. The van der Waals surface area contributed by atoms with Crippen molar-refractivity contribution in [2.24, 2.45) is 0 Å². The fraction of sp³-hybridized carbons (Fsp3) is 0.278. The Kier molecular flexibility index (Phi) is 5.23. The average molecular weight is 346 g/mol. The number of nitrogens with one attached hydrogen (secondary N) is 2. The molecule has 0 radical (unpaired) electrons. The van der Waals surface area contributed by atoms with Gasteiger partial charge in [0, 0.05) is 34.7 Å². The third-order valence-corrected chi connectivity index (χ3v) is 4.14. The van der Waals surface area contributed by atoms with Crippen LogP contribution in [0.15, 0.2) is 48.5 Å². The summed E-state index contributed by atoms with van der Waals surface area (Å²) in [5, 5.41) is 6.15. The Hall–Kier alpha value is -2.24. The van der Waals surface area contributed by atoms with Gasteiger partial charge in [-0.2, -0.15) is 0 Å². The average Bonchev–Trinajstić information content (AvgIpc) is 2.56. The van der Waals surface area contributed by atoms with E-state index in [9.17, 15) is 4.79 Å². The molecule has 1 heterocycles. The third kappa shape index (κ3) is 4.19. The number of benzene rings is 2. The lowest BCUT2D eigenvalue weighted by molar-refractivity contribution is 0.0989. The summed E-state index contributed by atoms with van der Waals surface area (Å²) in [5.41, 5.74) is 2.52. The predicted molar refractivity (Wildman–Crippen MR) is 98.2 cm³/mol. The zero-order valence-corrected chi connectivity index (χ0v) is 14.2. The molecule has 126 valence electrons. The quantitative estimate of drug-likeness (QED) is 0.876. The molecule has 6 heteroatoms. The summed E-state index contributed by atoms with van der Waals surface area (Å²) in [4.78, 5) is 14.3. The lowest BCUT2D eigenvalue weighted by Gasteiger charge is -2.35. The molecule has 1 aliphatic rings. The molecule has 3 rings (SSSR count). The largest absolute Gasteiger partial charge is 0.377 e. The van der Waals surface area contributed by atoms with Crippen LogP contribution in [-0.4, -0.2) is 31.8 Å². The molecule has 24 heavy (non-hydrogen) atoms. The maximum atomic E-state index is 12.0. The van der Waals surface area contributed by atoms with E-state index in [2.05, 4.69) is 22.5 Å². The van der Waals surface area contributed by atoms with E-state index >= 15 is 0 Å². The van der Waals surface area contributed by atoms with Gasteiger partial charge in [0.25, 0.3) is 0 Å². The van der Waals surface area contributed by atoms with E-state index < -0.39 is 0 Å². The van der Waals surface area contributed by atoms with Crippen molar-refractivity contribution in [3.05, 3.63) is 53.6 Å². The number of amides is 2. The Labute approximate surface area is 146 Å². The van der Waals surface area contributed by atoms with E-state index in [1.807, 2.05) is 24.3 Å². The number of anilines is 3. The lowest BCUT2D eigenvalue weighted by atomic mass is 10.2. The molecule has 2 amide bonds. The summed E-state index contributed by atoms with van der Waals surface area (Å²) >= 11 is 5.91. The first kappa shape index (κ1) is 16.6. The van der Waals surface area contributed by atoms with Crippen LogP contribution in [0.2, 0.25) is 5.02 Å². The Morgan fingerprint density at radius 3 is 2.62 bits per heavy atom. The topological polar surface area (TPSA) is 53.6 Å². The van der Waals surface area contributed by atoms with Crippen molar-refractivity contribution in [2.75, 3.05) is 35.3 Å². The highest BCUT2D eigenvalue weighted by molar-refractivity contribution is 6.30. The van der Waals surface area contributed by atoms with Crippen molar-refractivity contribution in [3.8, 4) is 0 Å². The number of carbonyl (C=O) groups is 1. The minimum Gasteiger partial charge on any atom is -0.377 e. The molecule has 5 nitrogen and oxygen atoms in total. The highest BCUT2D eigenvalue weighted by Crippen LogP contribution is 2.22. The summed E-state index contributed by atoms with van der Waals surface area (Å²) < 4.78 is 5.46. The Balaban J connectivity index is 1.60. The second kappa shape index (κ2) is 7.55. The van der Waals surface area contributed by atoms with Gasteiger partial charge >= 0.3 is 6.03 Å². The highest BCUT2D eigenvalue weighted by Gasteiger charge is 2.18. The molecule has 1 aliphatic heterocycles. The first-order valence-electron chi connectivity index (χ1n) is 7.90. The molecule has 0 spiro atoms. The number of carbonyl (C=O) groups excluding carboxylic acids is 1. The fourth-order valence-corrected chi connectivity index (χ4v) is 2.90. The summed E-state index contributed by atoms with van der Waals surface area (Å²) in [5.74, 6) is 0. The van der Waals surface area contributed by atoms with Crippen LogP contribution < -0.4 is 15.5 Å². The molecule has 1 saturated heterocycles. The summed E-state index contributed by atoms with van der Waals surface area (Å²) in [6.07, 6.45) is 0. The number of urea groups is 1. The third-order valence-electron chi connectivity index (χ3n) is 3.91. The van der Waals surface area contributed by atoms with Gasteiger partial charge in [-0.1, -0.05) is 17.7 Å². The molecule has 2 aromatic rings. The van der Waals surface area contributed by atoms with E-state index in [0.29, 0.717) is 16.8 Å². The van der Waals surface area contributed by atoms with E-state index in [1.54, 1.807) is 24.3 Å². The molecule has 1 fully saturated rings. The van der Waals surface area contributed by atoms with E-state index in [4.69, 9.17) is 16.3 Å². The van der Waals surface area contributed by atoms with Crippen molar-refractivity contribution >= 4 is 34.7 Å². The van der Waals surface area contributed by atoms with E-state index in [0.717, 1.165) is 31.1 Å². The maximum absolute atomic E-state index is 12.0. The molecule has 0 aromatic heterocycles. The Bertz CT molecular complexity index is 706. The number of hydrogen-bond donors (Lipinski definition) is 2. The predicted octanol–water partition coefficient (Wildman–Crippen LogP) is 4.21. The van der Waals surface area contributed by atoms with Gasteiger partial charge in [-0.3, -0.25) is 0 Å². The molecular weight excluding hydrogens is 326 g/mol. The van der Waals surface area contributed by atoms with Gasteiger partial charge in [-0.25, -0.2) is 4.79 Å². The van der Waals surface area contributed by atoms with E-state index in [-0.39, 0.29) is 6.03 Å². The number of halogens is 1. The van der Waals surface area contributed by atoms with Crippen LogP contribution in [0.4, 0.5) is 21.9 Å². The van der Waals surface area contributed by atoms with Crippen molar-refractivity contribution in [3.63, 3.8) is 0 Å². The fourth-order valence-electron chi connectivity index (χ4n) is 2.71. The van der Waals surface area contributed by atoms with Gasteiger partial charge < -0.3 is 20.3 Å². The molecule has 1 atom stereocenters. The summed E-state index contributed by atoms with van der Waals surface area (Å²) in [6.45, 7) is 4.50. The SMILES string of the molecule is CC1COCCN1c1ccc(NC(=O)Nc2cccc(Cl)c2)cc1. The van der Waals surface area contributed by atoms with Crippen LogP contribution in [0.5, 0.6) is 0 Å². The first-order chi connectivity index (χ1) is 11.6. The molecular formula is C18H20ClN3O2. The number of nitrogens with zero attached hydrogens (tertiary/aromatic N) is 1. The number of ether oxygens (including phenoxy) is 1. The van der Waals surface area contributed by atoms with E-state index in [1.165, 1.54) is 0 Å². The van der Waals surface area contributed by atoms with Crippen LogP contribution in [0.25, 0.3) is 0 Å². The number of hydrogen-bond acceptors (Lipinski definition) is 3. The number of rotatable bonds is 3. The van der Waals surface area contributed by atoms with Crippen LogP contribution in [0, 0.1) is 0 Å². The van der Waals surface area contributed by atoms with Crippen LogP contribution in [0.1, 0.15) is 6.92 Å². The Morgan fingerprint density at radius 1 is 1.17 bits per heavy atom. The maximum Gasteiger partial charge on any atom is 0.323 e. The van der Waals surface area contributed by atoms with Gasteiger partial charge in [-0.05, 0) is 49.4 Å². The normalized spacial score (nSPS) is 17.4. The lowest BCUT2D eigenvalue weighted by Crippen LogP contribution is -2.43. The molecule has 2 N–H and O–H groups in total. The van der Waals surface area contributed by atoms with Crippen LogP contribution >= 0.6 is 11.6 Å². The van der Waals surface area contributed by atoms with Gasteiger partial charge in [-0.15, -0.1) is 0 Å². The number of morpholine rings is 1. The van der Waals surface area contributed by atoms with Crippen LogP contribution in [-0.2, 0) is 4.74 Å². The van der Waals surface area contributed by atoms with Gasteiger partial charge in [0.05, 0.1) is 13.2 Å². The standard InChI is InChI=1S/C18H20ClN3O2/c1-13-12-24-10-9-22(13)17-7-5-15(6-8-17)20-18(23)21-16-4-2-3-14(19)11-16/h2-8,11,13H,9-10,12H2,1H3,(H2,20,21,23). The molecule has 0 saturated carbocycles. The summed E-state index contributed by atoms with van der Waals surface area (Å²) in [6, 6.07) is 14.9. The minimum absolute atomic E-state index is 0.301. The minimum atomic E-state index is -0.301. The zero-order valence-electron chi connectivity index (χ0n) is 13.5. The molecule has 1 unspecified atom stereocenters. The van der Waals surface area contributed by atoms with Gasteiger partial charge in [0.2, 0.25) is 0 Å². The molecule has 0 bridgehead atoms.